The Bertz CT molecular complexity index is 1770. The van der Waals surface area contributed by atoms with Crippen LogP contribution < -0.4 is 20.1 Å². The highest BCUT2D eigenvalue weighted by atomic mass is 35.5. The fraction of sp³-hybridized carbons (Fsp3) is 0.314. The predicted molar refractivity (Wildman–Crippen MR) is 184 cm³/mol. The van der Waals surface area contributed by atoms with Crippen LogP contribution in [0.1, 0.15) is 50.3 Å². The van der Waals surface area contributed by atoms with E-state index >= 15 is 0 Å². The Balaban J connectivity index is 1.32. The van der Waals surface area contributed by atoms with E-state index < -0.39 is 6.04 Å². The van der Waals surface area contributed by atoms with Crippen molar-refractivity contribution in [1.82, 2.24) is 19.7 Å². The zero-order valence-electron chi connectivity index (χ0n) is 26.4. The number of carbonyl (C=O) groups is 2. The monoisotopic (exact) mass is 672 g/mol. The predicted octanol–water partition coefficient (Wildman–Crippen LogP) is 6.94. The molecule has 244 valence electrons. The minimum Gasteiger partial charge on any atom is -0.490 e. The van der Waals surface area contributed by atoms with Crippen LogP contribution in [0.2, 0.25) is 5.02 Å². The lowest BCUT2D eigenvalue weighted by Crippen LogP contribution is -2.38. The van der Waals surface area contributed by atoms with Crippen LogP contribution in [0.15, 0.2) is 89.2 Å². The van der Waals surface area contributed by atoms with E-state index in [0.29, 0.717) is 56.9 Å². The number of aromatic nitrogens is 3. The van der Waals surface area contributed by atoms with Gasteiger partial charge in [-0.1, -0.05) is 65.8 Å². The Morgan fingerprint density at radius 2 is 1.77 bits per heavy atom. The van der Waals surface area contributed by atoms with Crippen molar-refractivity contribution in [2.75, 3.05) is 36.9 Å². The van der Waals surface area contributed by atoms with E-state index in [0.717, 1.165) is 43.5 Å². The van der Waals surface area contributed by atoms with Gasteiger partial charge in [0.1, 0.15) is 6.04 Å². The van der Waals surface area contributed by atoms with Gasteiger partial charge in [-0.2, -0.15) is 4.98 Å². The summed E-state index contributed by atoms with van der Waals surface area (Å²) in [6, 6.07) is 21.9. The number of rotatable bonds is 11. The van der Waals surface area contributed by atoms with Gasteiger partial charge in [-0.25, -0.2) is 4.68 Å². The van der Waals surface area contributed by atoms with Gasteiger partial charge in [0.05, 0.1) is 12.2 Å². The average Bonchev–Trinajstić information content (AvgIpc) is 3.49. The van der Waals surface area contributed by atoms with Crippen molar-refractivity contribution in [3.05, 3.63) is 100 Å². The van der Waals surface area contributed by atoms with Gasteiger partial charge in [0.15, 0.2) is 18.1 Å². The number of hydrogen-bond donors (Lipinski definition) is 2. The second kappa shape index (κ2) is 15.0. The third kappa shape index (κ3) is 7.58. The number of benzene rings is 3. The van der Waals surface area contributed by atoms with E-state index in [1.54, 1.807) is 10.7 Å². The van der Waals surface area contributed by atoms with Gasteiger partial charge in [0, 0.05) is 35.2 Å². The number of carbonyl (C=O) groups excluding carboxylic acids is 2. The summed E-state index contributed by atoms with van der Waals surface area (Å²) in [7, 11) is 0. The van der Waals surface area contributed by atoms with E-state index in [9.17, 15) is 9.59 Å². The first kappa shape index (κ1) is 32.5. The first-order valence-corrected chi connectivity index (χ1v) is 17.1. The Kier molecular flexibility index (Phi) is 10.3. The van der Waals surface area contributed by atoms with E-state index in [-0.39, 0.29) is 18.4 Å². The molecule has 0 aliphatic carbocycles. The summed E-state index contributed by atoms with van der Waals surface area (Å²) in [5.74, 6) is 1.71. The van der Waals surface area contributed by atoms with Crippen LogP contribution in [0.5, 0.6) is 11.5 Å². The van der Waals surface area contributed by atoms with Crippen molar-refractivity contribution >= 4 is 46.8 Å². The summed E-state index contributed by atoms with van der Waals surface area (Å²) in [4.78, 5) is 33.4. The molecule has 3 aromatic carbocycles. The number of nitrogens with one attached hydrogen (secondary N) is 2. The molecule has 4 aromatic rings. The average molecular weight is 673 g/mol. The molecule has 10 nitrogen and oxygen atoms in total. The molecule has 1 fully saturated rings. The standard InChI is InChI=1S/C35H37ClN6O4S/c1-3-45-29-20-24(16-17-28(29)46-21-30(43)41-18-10-5-11-19-41)32-31(33(44)38-26-13-6-4-7-14-26)23(2)37-34-39-35(40-42(32)34)47-22-25-12-8-9-15-27(25)36/h4,6-9,12-17,20,32H,3,5,10-11,18-19,21-22H2,1-2H3,(H,38,44)(H,37,39,40). The number of fused-ring (bicyclic) bond motifs is 1. The molecular weight excluding hydrogens is 636 g/mol. The second-order valence-corrected chi connectivity index (χ2v) is 12.6. The zero-order valence-corrected chi connectivity index (χ0v) is 27.9. The van der Waals surface area contributed by atoms with Crippen LogP contribution in [0.25, 0.3) is 0 Å². The van der Waals surface area contributed by atoms with E-state index in [4.69, 9.17) is 31.2 Å². The summed E-state index contributed by atoms with van der Waals surface area (Å²) in [6.07, 6.45) is 3.17. The SMILES string of the molecule is CCOc1cc(C2C(C(=O)Nc3ccccc3)=C(C)Nc3nc(SCc4ccccc4Cl)nn32)ccc1OCC(=O)N1CCCCC1. The van der Waals surface area contributed by atoms with Gasteiger partial charge in [0.2, 0.25) is 11.1 Å². The van der Waals surface area contributed by atoms with Crippen LogP contribution >= 0.6 is 23.4 Å². The lowest BCUT2D eigenvalue weighted by atomic mass is 9.94. The lowest BCUT2D eigenvalue weighted by molar-refractivity contribution is -0.134. The van der Waals surface area contributed by atoms with Crippen molar-refractivity contribution in [3.8, 4) is 11.5 Å². The minimum atomic E-state index is -0.639. The molecule has 0 bridgehead atoms. The molecule has 0 saturated carbocycles. The Hall–Kier alpha value is -4.48. The van der Waals surface area contributed by atoms with Gasteiger partial charge in [-0.05, 0) is 74.6 Å². The summed E-state index contributed by atoms with van der Waals surface area (Å²) in [6.45, 7) is 5.58. The Morgan fingerprint density at radius 3 is 2.53 bits per heavy atom. The van der Waals surface area contributed by atoms with Crippen molar-refractivity contribution in [1.29, 1.82) is 0 Å². The smallest absolute Gasteiger partial charge is 0.260 e. The van der Waals surface area contributed by atoms with Crippen LogP contribution in [0.3, 0.4) is 0 Å². The number of nitrogens with zero attached hydrogens (tertiary/aromatic N) is 4. The highest BCUT2D eigenvalue weighted by Gasteiger charge is 2.35. The number of para-hydroxylation sites is 1. The highest BCUT2D eigenvalue weighted by molar-refractivity contribution is 7.98. The molecule has 0 spiro atoms. The molecule has 2 amide bonds. The first-order valence-electron chi connectivity index (χ1n) is 15.8. The van der Waals surface area contributed by atoms with E-state index in [2.05, 4.69) is 10.6 Å². The fourth-order valence-electron chi connectivity index (χ4n) is 5.73. The molecular formula is C35H37ClN6O4S. The Morgan fingerprint density at radius 1 is 1.00 bits per heavy atom. The molecule has 0 radical (unpaired) electrons. The summed E-state index contributed by atoms with van der Waals surface area (Å²) >= 11 is 7.86. The highest BCUT2D eigenvalue weighted by Crippen LogP contribution is 2.40. The summed E-state index contributed by atoms with van der Waals surface area (Å²) < 4.78 is 13.8. The molecule has 1 saturated heterocycles. The largest absolute Gasteiger partial charge is 0.490 e. The molecule has 1 aromatic heterocycles. The minimum absolute atomic E-state index is 0.0397. The number of likely N-dealkylation sites (tertiary alicyclic amines) is 1. The second-order valence-electron chi connectivity index (χ2n) is 11.3. The Labute approximate surface area is 283 Å². The molecule has 2 aliphatic rings. The number of anilines is 2. The molecule has 1 unspecified atom stereocenters. The molecule has 2 aliphatic heterocycles. The number of thioether (sulfide) groups is 1. The molecule has 12 heteroatoms. The maximum absolute atomic E-state index is 13.9. The molecule has 47 heavy (non-hydrogen) atoms. The van der Waals surface area contributed by atoms with Gasteiger partial charge >= 0.3 is 0 Å². The van der Waals surface area contributed by atoms with Crippen molar-refractivity contribution in [3.63, 3.8) is 0 Å². The fourth-order valence-corrected chi connectivity index (χ4v) is 6.84. The number of hydrogen-bond acceptors (Lipinski definition) is 8. The van der Waals surface area contributed by atoms with E-state index in [1.165, 1.54) is 11.8 Å². The van der Waals surface area contributed by atoms with Crippen molar-refractivity contribution in [2.24, 2.45) is 0 Å². The van der Waals surface area contributed by atoms with Crippen LogP contribution in [-0.2, 0) is 15.3 Å². The quantitative estimate of drug-likeness (QED) is 0.165. The van der Waals surface area contributed by atoms with Gasteiger partial charge in [0.25, 0.3) is 11.8 Å². The molecule has 1 atom stereocenters. The van der Waals surface area contributed by atoms with Gasteiger partial charge in [-0.15, -0.1) is 5.10 Å². The maximum Gasteiger partial charge on any atom is 0.260 e. The summed E-state index contributed by atoms with van der Waals surface area (Å²) in [5, 5.41) is 12.4. The normalized spacial score (nSPS) is 15.9. The van der Waals surface area contributed by atoms with Gasteiger partial charge in [-0.3, -0.25) is 9.59 Å². The first-order chi connectivity index (χ1) is 22.9. The van der Waals surface area contributed by atoms with Gasteiger partial charge < -0.3 is 25.0 Å². The van der Waals surface area contributed by atoms with Crippen LogP contribution in [-0.4, -0.2) is 57.8 Å². The number of piperidine rings is 1. The number of ether oxygens (including phenoxy) is 2. The van der Waals surface area contributed by atoms with Crippen molar-refractivity contribution in [2.45, 2.75) is 50.1 Å². The number of amides is 2. The third-order valence-corrected chi connectivity index (χ3v) is 9.32. The molecule has 3 heterocycles. The van der Waals surface area contributed by atoms with Crippen LogP contribution in [0, 0.1) is 0 Å². The number of halogens is 1. The maximum atomic E-state index is 13.9. The summed E-state index contributed by atoms with van der Waals surface area (Å²) in [5.41, 5.74) is 3.52. The lowest BCUT2D eigenvalue weighted by Gasteiger charge is -2.29. The van der Waals surface area contributed by atoms with Crippen LogP contribution in [0.4, 0.5) is 11.6 Å². The topological polar surface area (TPSA) is 111 Å². The zero-order chi connectivity index (χ0) is 32.8. The molecule has 2 N–H and O–H groups in total. The van der Waals surface area contributed by atoms with Crippen molar-refractivity contribution < 1.29 is 19.1 Å². The van der Waals surface area contributed by atoms with E-state index in [1.807, 2.05) is 85.5 Å². The molecule has 6 rings (SSSR count). The third-order valence-electron chi connectivity index (χ3n) is 8.07. The number of allylic oxidation sites excluding steroid dienone is 1.